The van der Waals surface area contributed by atoms with E-state index in [2.05, 4.69) is 5.32 Å². The third-order valence-corrected chi connectivity index (χ3v) is 5.58. The summed E-state index contributed by atoms with van der Waals surface area (Å²) in [6.07, 6.45) is 0. The number of benzene rings is 4. The van der Waals surface area contributed by atoms with Crippen LogP contribution in [0.3, 0.4) is 0 Å². The maximum Gasteiger partial charge on any atom is 0.335 e. The molecule has 7 nitrogen and oxygen atoms in total. The number of fused-ring (bicyclic) bond motifs is 1. The Morgan fingerprint density at radius 1 is 0.829 bits per heavy atom. The predicted molar refractivity (Wildman–Crippen MR) is 135 cm³/mol. The first-order valence-electron chi connectivity index (χ1n) is 11.0. The third kappa shape index (κ3) is 5.04. The minimum absolute atomic E-state index is 0.146. The number of ether oxygens (including phenoxy) is 3. The summed E-state index contributed by atoms with van der Waals surface area (Å²) in [6, 6.07) is 21.0. The molecule has 4 rings (SSSR count). The molecule has 0 aromatic heterocycles. The topological polar surface area (TPSA) is 94.1 Å². The van der Waals surface area contributed by atoms with E-state index >= 15 is 0 Å². The number of hydrogen-bond acceptors (Lipinski definition) is 5. The number of methoxy groups -OCH3 is 2. The molecular formula is C28H25NO6. The van der Waals surface area contributed by atoms with Gasteiger partial charge in [0.1, 0.15) is 5.75 Å². The summed E-state index contributed by atoms with van der Waals surface area (Å²) < 4.78 is 16.5. The molecule has 0 aliphatic heterocycles. The minimum Gasteiger partial charge on any atom is -0.494 e. The molecule has 0 spiro atoms. The average Bonchev–Trinajstić information content (AvgIpc) is 2.88. The number of nitrogens with one attached hydrogen (secondary N) is 1. The van der Waals surface area contributed by atoms with Crippen LogP contribution in [0.2, 0.25) is 0 Å². The van der Waals surface area contributed by atoms with Crippen molar-refractivity contribution in [1.29, 1.82) is 0 Å². The van der Waals surface area contributed by atoms with Crippen molar-refractivity contribution in [2.75, 3.05) is 26.1 Å². The first-order chi connectivity index (χ1) is 16.9. The molecule has 0 saturated heterocycles. The lowest BCUT2D eigenvalue weighted by Crippen LogP contribution is -2.12. The quantitative estimate of drug-likeness (QED) is 0.334. The lowest BCUT2D eigenvalue weighted by atomic mass is 9.94. The van der Waals surface area contributed by atoms with Crippen LogP contribution in [0.1, 0.15) is 27.6 Å². The Labute approximate surface area is 202 Å². The normalized spacial score (nSPS) is 10.6. The monoisotopic (exact) mass is 471 g/mol. The number of rotatable bonds is 8. The zero-order valence-corrected chi connectivity index (χ0v) is 19.6. The van der Waals surface area contributed by atoms with E-state index in [1.807, 2.05) is 49.4 Å². The average molecular weight is 472 g/mol. The van der Waals surface area contributed by atoms with Gasteiger partial charge in [-0.3, -0.25) is 4.79 Å². The fraction of sp³-hybridized carbons (Fsp3) is 0.143. The first-order valence-corrected chi connectivity index (χ1v) is 11.0. The highest BCUT2D eigenvalue weighted by Gasteiger charge is 2.16. The molecule has 1 amide bonds. The van der Waals surface area contributed by atoms with Gasteiger partial charge in [0.15, 0.2) is 11.5 Å². The molecule has 178 valence electrons. The lowest BCUT2D eigenvalue weighted by molar-refractivity contribution is 0.0696. The van der Waals surface area contributed by atoms with Gasteiger partial charge >= 0.3 is 5.97 Å². The number of aromatic carboxylic acids is 1. The standard InChI is InChI=1S/C28H25NO6/c1-4-35-22-11-7-17(8-12-22)23-14-20(13-19-15-25(33-2)26(34-3)16-24(19)23)27(30)29-21-9-5-18(6-10-21)28(31)32/h5-16H,4H2,1-3H3,(H,29,30)(H,31,32). The van der Waals surface area contributed by atoms with Crippen LogP contribution in [0.25, 0.3) is 21.9 Å². The molecule has 35 heavy (non-hydrogen) atoms. The second-order valence-corrected chi connectivity index (χ2v) is 7.75. The highest BCUT2D eigenvalue weighted by Crippen LogP contribution is 2.38. The van der Waals surface area contributed by atoms with Crippen LogP contribution < -0.4 is 19.5 Å². The van der Waals surface area contributed by atoms with Crippen LogP contribution in [0.15, 0.2) is 72.8 Å². The van der Waals surface area contributed by atoms with Gasteiger partial charge in [0, 0.05) is 11.3 Å². The molecular weight excluding hydrogens is 446 g/mol. The number of amides is 1. The van der Waals surface area contributed by atoms with Crippen molar-refractivity contribution < 1.29 is 28.9 Å². The summed E-state index contributed by atoms with van der Waals surface area (Å²) in [5, 5.41) is 13.6. The van der Waals surface area contributed by atoms with E-state index in [0.29, 0.717) is 29.4 Å². The zero-order valence-electron chi connectivity index (χ0n) is 19.6. The molecule has 0 aliphatic carbocycles. The van der Waals surface area contributed by atoms with Gasteiger partial charge in [0.25, 0.3) is 5.91 Å². The molecule has 2 N–H and O–H groups in total. The van der Waals surface area contributed by atoms with Gasteiger partial charge < -0.3 is 24.6 Å². The minimum atomic E-state index is -1.03. The predicted octanol–water partition coefficient (Wildman–Crippen LogP) is 5.87. The molecule has 0 radical (unpaired) electrons. The highest BCUT2D eigenvalue weighted by atomic mass is 16.5. The smallest absolute Gasteiger partial charge is 0.335 e. The summed E-state index contributed by atoms with van der Waals surface area (Å²) in [5.74, 6) is 0.555. The van der Waals surface area contributed by atoms with E-state index in [1.165, 1.54) is 12.1 Å². The van der Waals surface area contributed by atoms with Crippen molar-refractivity contribution in [3.63, 3.8) is 0 Å². The zero-order chi connectivity index (χ0) is 24.9. The Morgan fingerprint density at radius 3 is 2.09 bits per heavy atom. The summed E-state index contributed by atoms with van der Waals surface area (Å²) in [4.78, 5) is 24.3. The van der Waals surface area contributed by atoms with Gasteiger partial charge in [-0.2, -0.15) is 0 Å². The lowest BCUT2D eigenvalue weighted by Gasteiger charge is -2.15. The van der Waals surface area contributed by atoms with Crippen LogP contribution in [0.5, 0.6) is 17.2 Å². The molecule has 0 unspecified atom stereocenters. The molecule has 0 bridgehead atoms. The molecule has 0 fully saturated rings. The van der Waals surface area contributed by atoms with E-state index in [1.54, 1.807) is 32.4 Å². The number of carbonyl (C=O) groups excluding carboxylic acids is 1. The number of hydrogen-bond donors (Lipinski definition) is 2. The van der Waals surface area contributed by atoms with Crippen LogP contribution in [0.4, 0.5) is 5.69 Å². The van der Waals surface area contributed by atoms with Gasteiger partial charge in [-0.25, -0.2) is 4.79 Å². The van der Waals surface area contributed by atoms with E-state index < -0.39 is 5.97 Å². The number of carboxylic acid groups (broad SMARTS) is 1. The van der Waals surface area contributed by atoms with Crippen molar-refractivity contribution in [3.05, 3.63) is 83.9 Å². The third-order valence-electron chi connectivity index (χ3n) is 5.58. The highest BCUT2D eigenvalue weighted by molar-refractivity contribution is 6.10. The summed E-state index contributed by atoms with van der Waals surface area (Å²) in [6.45, 7) is 2.50. The number of anilines is 1. The van der Waals surface area contributed by atoms with Gasteiger partial charge in [-0.1, -0.05) is 12.1 Å². The van der Waals surface area contributed by atoms with Crippen molar-refractivity contribution in [2.24, 2.45) is 0 Å². The van der Waals surface area contributed by atoms with Gasteiger partial charge in [-0.05, 0) is 89.5 Å². The van der Waals surface area contributed by atoms with Crippen molar-refractivity contribution in [2.45, 2.75) is 6.92 Å². The fourth-order valence-electron chi connectivity index (χ4n) is 3.86. The maximum atomic E-state index is 13.2. The molecule has 7 heteroatoms. The molecule has 0 saturated carbocycles. The fourth-order valence-corrected chi connectivity index (χ4v) is 3.86. The van der Waals surface area contributed by atoms with Gasteiger partial charge in [0.05, 0.1) is 26.4 Å². The first kappa shape index (κ1) is 23.6. The second kappa shape index (κ2) is 10.2. The van der Waals surface area contributed by atoms with E-state index in [0.717, 1.165) is 27.6 Å². The van der Waals surface area contributed by atoms with E-state index in [4.69, 9.17) is 19.3 Å². The van der Waals surface area contributed by atoms with Crippen LogP contribution >= 0.6 is 0 Å². The Hall–Kier alpha value is -4.52. The van der Waals surface area contributed by atoms with Crippen LogP contribution in [0, 0.1) is 0 Å². The summed E-state index contributed by atoms with van der Waals surface area (Å²) >= 11 is 0. The SMILES string of the molecule is CCOc1ccc(-c2cc(C(=O)Nc3ccc(C(=O)O)cc3)cc3cc(OC)c(OC)cc23)cc1. The molecule has 4 aromatic carbocycles. The molecule has 0 aliphatic rings. The number of carbonyl (C=O) groups is 2. The van der Waals surface area contributed by atoms with Gasteiger partial charge in [0.2, 0.25) is 0 Å². The molecule has 0 heterocycles. The van der Waals surface area contributed by atoms with Crippen molar-refractivity contribution in [3.8, 4) is 28.4 Å². The second-order valence-electron chi connectivity index (χ2n) is 7.75. The van der Waals surface area contributed by atoms with Crippen LogP contribution in [-0.2, 0) is 0 Å². The van der Waals surface area contributed by atoms with Crippen molar-refractivity contribution >= 4 is 28.3 Å². The van der Waals surface area contributed by atoms with Crippen LogP contribution in [-0.4, -0.2) is 37.8 Å². The maximum absolute atomic E-state index is 13.2. The Bertz CT molecular complexity index is 1380. The Morgan fingerprint density at radius 2 is 1.49 bits per heavy atom. The summed E-state index contributed by atoms with van der Waals surface area (Å²) in [5.41, 5.74) is 2.84. The van der Waals surface area contributed by atoms with E-state index in [9.17, 15) is 9.59 Å². The van der Waals surface area contributed by atoms with Gasteiger partial charge in [-0.15, -0.1) is 0 Å². The largest absolute Gasteiger partial charge is 0.494 e. The molecule has 4 aromatic rings. The van der Waals surface area contributed by atoms with E-state index in [-0.39, 0.29) is 11.5 Å². The molecule has 0 atom stereocenters. The summed E-state index contributed by atoms with van der Waals surface area (Å²) in [7, 11) is 3.14. The number of carboxylic acids is 1. The Kier molecular flexibility index (Phi) is 6.87. The van der Waals surface area contributed by atoms with Crippen molar-refractivity contribution in [1.82, 2.24) is 0 Å². The Balaban J connectivity index is 1.79.